The van der Waals surface area contributed by atoms with Crippen LogP contribution < -0.4 is 11.1 Å². The van der Waals surface area contributed by atoms with E-state index in [2.05, 4.69) is 5.32 Å². The van der Waals surface area contributed by atoms with Crippen LogP contribution in [-0.2, 0) is 12.8 Å². The molecule has 3 rings (SSSR count). The Kier molecular flexibility index (Phi) is 4.29. The smallest absolute Gasteiger partial charge is 0.324 e. The first kappa shape index (κ1) is 17.2. The SMILES string of the molecule is NC1(CNCC(F)(F)F)C2CCC1Cc1cc([N+](=O)[O-])ccc1C2. The summed E-state index contributed by atoms with van der Waals surface area (Å²) in [6.45, 7) is -0.943. The minimum absolute atomic E-state index is 0.0338. The molecule has 5 nitrogen and oxygen atoms in total. The van der Waals surface area contributed by atoms with Crippen molar-refractivity contribution in [3.63, 3.8) is 0 Å². The zero-order valence-electron chi connectivity index (χ0n) is 13.1. The fourth-order valence-corrected chi connectivity index (χ4v) is 4.21. The van der Waals surface area contributed by atoms with Gasteiger partial charge in [0.15, 0.2) is 0 Å². The average Bonchev–Trinajstić information content (AvgIpc) is 2.68. The summed E-state index contributed by atoms with van der Waals surface area (Å²) in [5.41, 5.74) is 7.82. The molecule has 0 heterocycles. The number of fused-ring (bicyclic) bond motifs is 3. The molecular formula is C16H20F3N3O2. The minimum Gasteiger partial charge on any atom is -0.324 e. The van der Waals surface area contributed by atoms with E-state index in [9.17, 15) is 23.3 Å². The first-order valence-corrected chi connectivity index (χ1v) is 8.01. The molecule has 0 saturated heterocycles. The molecular weight excluding hydrogens is 323 g/mol. The van der Waals surface area contributed by atoms with E-state index in [1.807, 2.05) is 0 Å². The quantitative estimate of drug-likeness (QED) is 0.650. The molecule has 1 aromatic carbocycles. The normalized spacial score (nSPS) is 29.2. The molecule has 2 bridgehead atoms. The Labute approximate surface area is 137 Å². The van der Waals surface area contributed by atoms with E-state index in [-0.39, 0.29) is 24.1 Å². The maximum Gasteiger partial charge on any atom is 0.401 e. The van der Waals surface area contributed by atoms with E-state index in [0.717, 1.165) is 24.0 Å². The van der Waals surface area contributed by atoms with Crippen molar-refractivity contribution in [3.8, 4) is 0 Å². The highest BCUT2D eigenvalue weighted by Gasteiger charge is 2.49. The lowest BCUT2D eigenvalue weighted by Crippen LogP contribution is -2.57. The highest BCUT2D eigenvalue weighted by Crippen LogP contribution is 2.46. The summed E-state index contributed by atoms with van der Waals surface area (Å²) in [7, 11) is 0. The van der Waals surface area contributed by atoms with Crippen LogP contribution >= 0.6 is 0 Å². The highest BCUT2D eigenvalue weighted by molar-refractivity contribution is 5.42. The molecule has 1 aromatic rings. The van der Waals surface area contributed by atoms with Crippen molar-refractivity contribution >= 4 is 5.69 Å². The Bertz CT molecular complexity index is 650. The topological polar surface area (TPSA) is 81.2 Å². The van der Waals surface area contributed by atoms with Gasteiger partial charge in [0.05, 0.1) is 11.5 Å². The number of halogens is 3. The van der Waals surface area contributed by atoms with E-state index < -0.39 is 23.2 Å². The molecule has 2 aliphatic carbocycles. The Morgan fingerprint density at radius 1 is 1.25 bits per heavy atom. The Hall–Kier alpha value is -1.67. The lowest BCUT2D eigenvalue weighted by Gasteiger charge is -2.35. The molecule has 1 saturated carbocycles. The number of alkyl halides is 3. The molecule has 0 radical (unpaired) electrons. The van der Waals surface area contributed by atoms with Crippen molar-refractivity contribution in [1.29, 1.82) is 0 Å². The largest absolute Gasteiger partial charge is 0.401 e. The van der Waals surface area contributed by atoms with Gasteiger partial charge in [0.2, 0.25) is 0 Å². The standard InChI is InChI=1S/C16H20F3N3O2/c17-16(18,19)9-21-8-15(20)12-2-3-13(15)6-11-7-14(22(23)24)4-1-10(11)5-12/h1,4,7,12-13,21H,2-3,5-6,8-9,20H2. The van der Waals surface area contributed by atoms with Gasteiger partial charge in [-0.3, -0.25) is 10.1 Å². The summed E-state index contributed by atoms with van der Waals surface area (Å²) >= 11 is 0. The van der Waals surface area contributed by atoms with Crippen molar-refractivity contribution in [2.24, 2.45) is 17.6 Å². The summed E-state index contributed by atoms with van der Waals surface area (Å²) in [5, 5.41) is 13.4. The van der Waals surface area contributed by atoms with Gasteiger partial charge in [0.1, 0.15) is 0 Å². The molecule has 132 valence electrons. The Morgan fingerprint density at radius 2 is 1.88 bits per heavy atom. The molecule has 0 aromatic heterocycles. The van der Waals surface area contributed by atoms with Crippen LogP contribution in [0, 0.1) is 22.0 Å². The third-order valence-electron chi connectivity index (χ3n) is 5.47. The molecule has 3 atom stereocenters. The molecule has 8 heteroatoms. The predicted octanol–water partition coefficient (Wildman–Crippen LogP) is 2.57. The average molecular weight is 343 g/mol. The van der Waals surface area contributed by atoms with Crippen molar-refractivity contribution in [1.82, 2.24) is 5.32 Å². The highest BCUT2D eigenvalue weighted by atomic mass is 19.4. The van der Waals surface area contributed by atoms with Gasteiger partial charge in [-0.15, -0.1) is 0 Å². The number of rotatable bonds is 4. The third kappa shape index (κ3) is 3.25. The number of nitrogens with two attached hydrogens (primary N) is 1. The first-order chi connectivity index (χ1) is 11.2. The van der Waals surface area contributed by atoms with Gasteiger partial charge in [-0.2, -0.15) is 13.2 Å². The summed E-state index contributed by atoms with van der Waals surface area (Å²) in [4.78, 5) is 10.5. The number of hydrogen-bond donors (Lipinski definition) is 2. The second-order valence-electron chi connectivity index (χ2n) is 6.92. The molecule has 0 amide bonds. The number of non-ortho nitro benzene ring substituents is 1. The molecule has 0 aliphatic heterocycles. The predicted molar refractivity (Wildman–Crippen MR) is 82.6 cm³/mol. The number of nitrogens with one attached hydrogen (secondary N) is 1. The summed E-state index contributed by atoms with van der Waals surface area (Å²) in [6.07, 6.45) is -1.29. The minimum atomic E-state index is -4.26. The first-order valence-electron chi connectivity index (χ1n) is 8.01. The van der Waals surface area contributed by atoms with E-state index >= 15 is 0 Å². The maximum atomic E-state index is 12.4. The van der Waals surface area contributed by atoms with Crippen molar-refractivity contribution < 1.29 is 18.1 Å². The van der Waals surface area contributed by atoms with Crippen LogP contribution in [0.25, 0.3) is 0 Å². The van der Waals surface area contributed by atoms with Gasteiger partial charge in [0.25, 0.3) is 5.69 Å². The van der Waals surface area contributed by atoms with E-state index in [1.165, 1.54) is 6.07 Å². The fraction of sp³-hybridized carbons (Fsp3) is 0.625. The maximum absolute atomic E-state index is 12.4. The monoisotopic (exact) mass is 343 g/mol. The van der Waals surface area contributed by atoms with E-state index in [1.54, 1.807) is 12.1 Å². The Morgan fingerprint density at radius 3 is 2.46 bits per heavy atom. The van der Waals surface area contributed by atoms with Crippen molar-refractivity contribution in [2.75, 3.05) is 13.1 Å². The van der Waals surface area contributed by atoms with Crippen LogP contribution in [0.3, 0.4) is 0 Å². The molecule has 0 spiro atoms. The summed E-state index contributed by atoms with van der Waals surface area (Å²) in [5.74, 6) is 0.123. The number of nitro benzene ring substituents is 1. The van der Waals surface area contributed by atoms with Crippen LogP contribution in [0.4, 0.5) is 18.9 Å². The molecule has 24 heavy (non-hydrogen) atoms. The number of nitro groups is 1. The molecule has 3 N–H and O–H groups in total. The third-order valence-corrected chi connectivity index (χ3v) is 5.47. The van der Waals surface area contributed by atoms with E-state index in [4.69, 9.17) is 5.73 Å². The number of nitrogens with zero attached hydrogens (tertiary/aromatic N) is 1. The van der Waals surface area contributed by atoms with Crippen LogP contribution in [0.15, 0.2) is 18.2 Å². The van der Waals surface area contributed by atoms with Gasteiger partial charge in [-0.25, -0.2) is 0 Å². The van der Waals surface area contributed by atoms with Gasteiger partial charge in [0, 0.05) is 24.2 Å². The number of benzene rings is 1. The van der Waals surface area contributed by atoms with Crippen LogP contribution in [-0.4, -0.2) is 29.7 Å². The van der Waals surface area contributed by atoms with Crippen molar-refractivity contribution in [2.45, 2.75) is 37.4 Å². The summed E-state index contributed by atoms with van der Waals surface area (Å²) in [6, 6.07) is 4.83. The second-order valence-corrected chi connectivity index (χ2v) is 6.92. The molecule has 1 fully saturated rings. The van der Waals surface area contributed by atoms with Crippen LogP contribution in [0.1, 0.15) is 24.0 Å². The zero-order valence-corrected chi connectivity index (χ0v) is 13.1. The van der Waals surface area contributed by atoms with E-state index in [0.29, 0.717) is 12.8 Å². The van der Waals surface area contributed by atoms with Crippen molar-refractivity contribution in [3.05, 3.63) is 39.4 Å². The van der Waals surface area contributed by atoms with Crippen LogP contribution in [0.5, 0.6) is 0 Å². The number of hydrogen-bond acceptors (Lipinski definition) is 4. The zero-order chi connectivity index (χ0) is 17.5. The lowest BCUT2D eigenvalue weighted by atomic mass is 9.79. The van der Waals surface area contributed by atoms with Gasteiger partial charge >= 0.3 is 6.18 Å². The summed E-state index contributed by atoms with van der Waals surface area (Å²) < 4.78 is 37.2. The van der Waals surface area contributed by atoms with Gasteiger partial charge in [-0.1, -0.05) is 6.07 Å². The molecule has 2 aliphatic rings. The van der Waals surface area contributed by atoms with Gasteiger partial charge in [-0.05, 0) is 48.6 Å². The fourth-order valence-electron chi connectivity index (χ4n) is 4.21. The Balaban J connectivity index is 1.80. The second kappa shape index (κ2) is 6.00. The van der Waals surface area contributed by atoms with Gasteiger partial charge < -0.3 is 11.1 Å². The van der Waals surface area contributed by atoms with Crippen LogP contribution in [0.2, 0.25) is 0 Å². The lowest BCUT2D eigenvalue weighted by molar-refractivity contribution is -0.384. The molecule has 3 unspecified atom stereocenters.